The predicted octanol–water partition coefficient (Wildman–Crippen LogP) is 4.28. The maximum Gasteiger partial charge on any atom is 0.348 e. The van der Waals surface area contributed by atoms with Gasteiger partial charge in [-0.15, -0.1) is 23.1 Å². The van der Waals surface area contributed by atoms with Crippen molar-refractivity contribution in [3.8, 4) is 0 Å². The number of benzene rings is 1. The Morgan fingerprint density at radius 2 is 1.68 bits per heavy atom. The van der Waals surface area contributed by atoms with Gasteiger partial charge in [0.2, 0.25) is 5.91 Å². The standard InChI is InChI=1S/C19H20FNO5S2/c1-4-25-18(23)15-11(3)16(19(24)26-5-2)28-17(15)21-14(22)10-27-13-8-6-12(20)7-9-13/h6-9H,4-5,10H2,1-3H3,(H,21,22). The second-order valence-corrected chi connectivity index (χ2v) is 7.56. The molecule has 6 nitrogen and oxygen atoms in total. The van der Waals surface area contributed by atoms with Crippen molar-refractivity contribution in [1.29, 1.82) is 0 Å². The van der Waals surface area contributed by atoms with Crippen molar-refractivity contribution in [3.63, 3.8) is 0 Å². The van der Waals surface area contributed by atoms with Crippen LogP contribution in [0.4, 0.5) is 9.39 Å². The normalized spacial score (nSPS) is 10.4. The van der Waals surface area contributed by atoms with Crippen molar-refractivity contribution >= 4 is 45.9 Å². The summed E-state index contributed by atoms with van der Waals surface area (Å²) in [4.78, 5) is 37.7. The Kier molecular flexibility index (Phi) is 8.01. The molecule has 28 heavy (non-hydrogen) atoms. The number of carbonyl (C=O) groups is 3. The van der Waals surface area contributed by atoms with E-state index in [1.54, 1.807) is 32.9 Å². The third kappa shape index (κ3) is 5.56. The van der Waals surface area contributed by atoms with E-state index in [1.165, 1.54) is 23.9 Å². The first kappa shape index (κ1) is 21.9. The van der Waals surface area contributed by atoms with Crippen molar-refractivity contribution in [2.75, 3.05) is 24.3 Å². The van der Waals surface area contributed by atoms with Gasteiger partial charge in [-0.1, -0.05) is 0 Å². The SMILES string of the molecule is CCOC(=O)c1sc(NC(=O)CSc2ccc(F)cc2)c(C(=O)OCC)c1C. The Morgan fingerprint density at radius 3 is 2.29 bits per heavy atom. The summed E-state index contributed by atoms with van der Waals surface area (Å²) in [5, 5.41) is 2.91. The molecule has 0 aliphatic heterocycles. The first-order chi connectivity index (χ1) is 13.4. The molecule has 0 radical (unpaired) electrons. The van der Waals surface area contributed by atoms with Crippen LogP contribution in [0.3, 0.4) is 0 Å². The lowest BCUT2D eigenvalue weighted by atomic mass is 10.1. The molecule has 1 N–H and O–H groups in total. The lowest BCUT2D eigenvalue weighted by Crippen LogP contribution is -2.16. The molecule has 0 aliphatic carbocycles. The highest BCUT2D eigenvalue weighted by atomic mass is 32.2. The van der Waals surface area contributed by atoms with Gasteiger partial charge in [0, 0.05) is 4.90 Å². The summed E-state index contributed by atoms with van der Waals surface area (Å²) in [5.41, 5.74) is 0.554. The van der Waals surface area contributed by atoms with Crippen LogP contribution < -0.4 is 5.32 Å². The molecule has 150 valence electrons. The van der Waals surface area contributed by atoms with Crippen LogP contribution >= 0.6 is 23.1 Å². The van der Waals surface area contributed by atoms with E-state index in [2.05, 4.69) is 5.32 Å². The van der Waals surface area contributed by atoms with Crippen molar-refractivity contribution in [1.82, 2.24) is 0 Å². The number of hydrogen-bond acceptors (Lipinski definition) is 7. The van der Waals surface area contributed by atoms with Crippen LogP contribution in [0.5, 0.6) is 0 Å². The van der Waals surface area contributed by atoms with Gasteiger partial charge in [-0.05, 0) is 50.6 Å². The van der Waals surface area contributed by atoms with E-state index in [0.717, 1.165) is 16.2 Å². The Hall–Kier alpha value is -2.39. The summed E-state index contributed by atoms with van der Waals surface area (Å²) in [7, 11) is 0. The van der Waals surface area contributed by atoms with E-state index < -0.39 is 11.9 Å². The largest absolute Gasteiger partial charge is 0.462 e. The molecule has 1 aromatic carbocycles. The van der Waals surface area contributed by atoms with E-state index in [9.17, 15) is 18.8 Å². The molecule has 1 aromatic heterocycles. The summed E-state index contributed by atoms with van der Waals surface area (Å²) >= 11 is 2.20. The number of anilines is 1. The van der Waals surface area contributed by atoms with Gasteiger partial charge in [0.25, 0.3) is 0 Å². The molecule has 1 heterocycles. The maximum atomic E-state index is 12.9. The molecule has 0 unspecified atom stereocenters. The van der Waals surface area contributed by atoms with Gasteiger partial charge in [0.15, 0.2) is 0 Å². The lowest BCUT2D eigenvalue weighted by Gasteiger charge is -2.07. The highest BCUT2D eigenvalue weighted by Gasteiger charge is 2.27. The van der Waals surface area contributed by atoms with Crippen molar-refractivity contribution in [3.05, 3.63) is 46.1 Å². The van der Waals surface area contributed by atoms with Crippen LogP contribution in [0, 0.1) is 12.7 Å². The molecule has 9 heteroatoms. The summed E-state index contributed by atoms with van der Waals surface area (Å²) in [6, 6.07) is 5.78. The van der Waals surface area contributed by atoms with Gasteiger partial charge in [-0.2, -0.15) is 0 Å². The first-order valence-corrected chi connectivity index (χ1v) is 10.3. The van der Waals surface area contributed by atoms with Crippen LogP contribution in [0.2, 0.25) is 0 Å². The minimum absolute atomic E-state index is 0.0551. The van der Waals surface area contributed by atoms with E-state index in [-0.39, 0.29) is 46.1 Å². The fraction of sp³-hybridized carbons (Fsp3) is 0.316. The molecule has 0 saturated heterocycles. The van der Waals surface area contributed by atoms with Crippen LogP contribution in [0.15, 0.2) is 29.2 Å². The average Bonchev–Trinajstić information content (AvgIpc) is 2.97. The molecular weight excluding hydrogens is 405 g/mol. The van der Waals surface area contributed by atoms with E-state index >= 15 is 0 Å². The molecule has 0 spiro atoms. The first-order valence-electron chi connectivity index (χ1n) is 8.53. The molecule has 2 rings (SSSR count). The number of nitrogens with one attached hydrogen (secondary N) is 1. The minimum atomic E-state index is -0.617. The monoisotopic (exact) mass is 425 g/mol. The second-order valence-electron chi connectivity index (χ2n) is 5.49. The zero-order valence-corrected chi connectivity index (χ0v) is 17.3. The Labute approximate surface area is 170 Å². The van der Waals surface area contributed by atoms with Gasteiger partial charge < -0.3 is 14.8 Å². The van der Waals surface area contributed by atoms with E-state index in [0.29, 0.717) is 5.56 Å². The van der Waals surface area contributed by atoms with Gasteiger partial charge in [0.1, 0.15) is 15.7 Å². The van der Waals surface area contributed by atoms with Gasteiger partial charge in [-0.3, -0.25) is 4.79 Å². The second kappa shape index (κ2) is 10.2. The number of hydrogen-bond donors (Lipinski definition) is 1. The molecule has 0 fully saturated rings. The number of halogens is 1. The molecule has 0 bridgehead atoms. The number of ether oxygens (including phenoxy) is 2. The van der Waals surface area contributed by atoms with Crippen LogP contribution in [-0.2, 0) is 14.3 Å². The van der Waals surface area contributed by atoms with Crippen molar-refractivity contribution in [2.45, 2.75) is 25.7 Å². The summed E-state index contributed by atoms with van der Waals surface area (Å²) < 4.78 is 23.0. The van der Waals surface area contributed by atoms with Gasteiger partial charge in [-0.25, -0.2) is 14.0 Å². The number of esters is 2. The van der Waals surface area contributed by atoms with Crippen LogP contribution in [-0.4, -0.2) is 36.8 Å². The summed E-state index contributed by atoms with van der Waals surface area (Å²) in [6.07, 6.45) is 0. The Morgan fingerprint density at radius 1 is 1.07 bits per heavy atom. The van der Waals surface area contributed by atoms with Crippen LogP contribution in [0.25, 0.3) is 0 Å². The highest BCUT2D eigenvalue weighted by Crippen LogP contribution is 2.34. The third-order valence-corrected chi connectivity index (χ3v) is 5.72. The minimum Gasteiger partial charge on any atom is -0.462 e. The quantitative estimate of drug-likeness (QED) is 0.502. The molecule has 0 atom stereocenters. The fourth-order valence-corrected chi connectivity index (χ4v) is 4.09. The zero-order chi connectivity index (χ0) is 20.7. The highest BCUT2D eigenvalue weighted by molar-refractivity contribution is 8.00. The van der Waals surface area contributed by atoms with Crippen molar-refractivity contribution < 1.29 is 28.2 Å². The van der Waals surface area contributed by atoms with Gasteiger partial charge in [0.05, 0.1) is 24.5 Å². The zero-order valence-electron chi connectivity index (χ0n) is 15.7. The molecule has 2 aromatic rings. The molecular formula is C19H20FNO5S2. The number of thioether (sulfide) groups is 1. The predicted molar refractivity (Wildman–Crippen MR) is 107 cm³/mol. The third-order valence-electron chi connectivity index (χ3n) is 3.52. The average molecular weight is 426 g/mol. The topological polar surface area (TPSA) is 81.7 Å². The smallest absolute Gasteiger partial charge is 0.348 e. The number of thiophene rings is 1. The maximum absolute atomic E-state index is 12.9. The van der Waals surface area contributed by atoms with E-state index in [1.807, 2.05) is 0 Å². The number of rotatable bonds is 8. The molecule has 0 aliphatic rings. The number of carbonyl (C=O) groups excluding carboxylic acids is 3. The molecule has 1 amide bonds. The molecule has 0 saturated carbocycles. The summed E-state index contributed by atoms with van der Waals surface area (Å²) in [5.74, 6) is -1.84. The Balaban J connectivity index is 2.18. The summed E-state index contributed by atoms with van der Waals surface area (Å²) in [6.45, 7) is 5.32. The number of amides is 1. The van der Waals surface area contributed by atoms with Crippen LogP contribution in [0.1, 0.15) is 39.4 Å². The van der Waals surface area contributed by atoms with E-state index in [4.69, 9.17) is 9.47 Å². The lowest BCUT2D eigenvalue weighted by molar-refractivity contribution is -0.113. The Bertz CT molecular complexity index is 864. The van der Waals surface area contributed by atoms with Gasteiger partial charge >= 0.3 is 11.9 Å². The fourth-order valence-electron chi connectivity index (χ4n) is 2.28. The van der Waals surface area contributed by atoms with Crippen molar-refractivity contribution in [2.24, 2.45) is 0 Å².